The van der Waals surface area contributed by atoms with E-state index in [-0.39, 0.29) is 5.91 Å². The third kappa shape index (κ3) is 4.21. The van der Waals surface area contributed by atoms with Crippen LogP contribution in [-0.4, -0.2) is 40.4 Å². The highest BCUT2D eigenvalue weighted by atomic mass is 16.5. The summed E-state index contributed by atoms with van der Waals surface area (Å²) in [7, 11) is 3.68. The van der Waals surface area contributed by atoms with E-state index in [0.717, 1.165) is 16.8 Å². The number of carbonyl (C=O) groups excluding carboxylic acids is 1. The standard InChI is InChI=1S/C23H21N9O2/c1-4-19(33)27-15-6-5-7-17(8-15)34-22-20-18(14-9-25-31(2)12-14)11-24-21(20)29-23(30-22)28-16-10-26-32(3)13-16/h4-13H,1H2,2-3H3,(H,27,33)(H2,24,28,29,30). The zero-order valence-corrected chi connectivity index (χ0v) is 18.5. The maximum absolute atomic E-state index is 11.7. The number of anilines is 3. The molecule has 11 nitrogen and oxygen atoms in total. The number of H-pyrrole nitrogens is 1. The number of aromatic amines is 1. The number of benzene rings is 1. The van der Waals surface area contributed by atoms with Crippen molar-refractivity contribution in [3.05, 3.63) is 67.9 Å². The Labute approximate surface area is 194 Å². The van der Waals surface area contributed by atoms with Crippen LogP contribution >= 0.6 is 0 Å². The molecule has 0 unspecified atom stereocenters. The molecule has 5 rings (SSSR count). The van der Waals surface area contributed by atoms with E-state index in [2.05, 4.69) is 42.4 Å². The maximum atomic E-state index is 11.7. The van der Waals surface area contributed by atoms with Gasteiger partial charge in [-0.2, -0.15) is 20.2 Å². The molecule has 0 aliphatic rings. The average Bonchev–Trinajstić information content (AvgIpc) is 3.54. The first kappa shape index (κ1) is 20.9. The van der Waals surface area contributed by atoms with Gasteiger partial charge in [0, 0.05) is 55.6 Å². The van der Waals surface area contributed by atoms with Crippen molar-refractivity contribution >= 4 is 34.3 Å². The molecule has 0 spiro atoms. The second-order valence-electron chi connectivity index (χ2n) is 7.53. The summed E-state index contributed by atoms with van der Waals surface area (Å²) >= 11 is 0. The van der Waals surface area contributed by atoms with Gasteiger partial charge in [-0.25, -0.2) is 0 Å². The topological polar surface area (TPSA) is 128 Å². The van der Waals surface area contributed by atoms with E-state index in [9.17, 15) is 4.79 Å². The first-order valence-electron chi connectivity index (χ1n) is 10.3. The lowest BCUT2D eigenvalue weighted by Crippen LogP contribution is -2.07. The van der Waals surface area contributed by atoms with Crippen LogP contribution in [0.25, 0.3) is 22.2 Å². The molecule has 3 N–H and O–H groups in total. The van der Waals surface area contributed by atoms with Crippen molar-refractivity contribution in [2.24, 2.45) is 14.1 Å². The monoisotopic (exact) mass is 455 g/mol. The van der Waals surface area contributed by atoms with Crippen LogP contribution < -0.4 is 15.4 Å². The average molecular weight is 455 g/mol. The van der Waals surface area contributed by atoms with Crippen LogP contribution in [0.3, 0.4) is 0 Å². The zero-order chi connectivity index (χ0) is 23.7. The Bertz CT molecular complexity index is 1510. The second kappa shape index (κ2) is 8.54. The third-order valence-corrected chi connectivity index (χ3v) is 4.98. The Kier molecular flexibility index (Phi) is 5.26. The number of aryl methyl sites for hydroxylation is 2. The fourth-order valence-electron chi connectivity index (χ4n) is 3.47. The molecule has 5 aromatic rings. The van der Waals surface area contributed by atoms with Crippen molar-refractivity contribution < 1.29 is 9.53 Å². The predicted octanol–water partition coefficient (Wildman–Crippen LogP) is 3.75. The summed E-state index contributed by atoms with van der Waals surface area (Å²) in [5.41, 5.74) is 3.64. The van der Waals surface area contributed by atoms with Crippen LogP contribution in [0.5, 0.6) is 11.6 Å². The lowest BCUT2D eigenvalue weighted by Gasteiger charge is -2.11. The lowest BCUT2D eigenvalue weighted by molar-refractivity contribution is -0.111. The Morgan fingerprint density at radius 2 is 1.94 bits per heavy atom. The highest BCUT2D eigenvalue weighted by molar-refractivity contribution is 5.99. The summed E-state index contributed by atoms with van der Waals surface area (Å²) in [5.74, 6) is 0.858. The van der Waals surface area contributed by atoms with Gasteiger partial charge in [0.25, 0.3) is 0 Å². The van der Waals surface area contributed by atoms with Crippen molar-refractivity contribution in [3.63, 3.8) is 0 Å². The van der Waals surface area contributed by atoms with Gasteiger partial charge < -0.3 is 20.4 Å². The summed E-state index contributed by atoms with van der Waals surface area (Å²) < 4.78 is 9.62. The highest BCUT2D eigenvalue weighted by Gasteiger charge is 2.18. The number of fused-ring (bicyclic) bond motifs is 1. The molecule has 0 saturated carbocycles. The van der Waals surface area contributed by atoms with Gasteiger partial charge in [0.15, 0.2) is 0 Å². The SMILES string of the molecule is C=CC(=O)Nc1cccc(Oc2nc(Nc3cnn(C)c3)nc3[nH]cc(-c4cnn(C)c4)c23)c1. The van der Waals surface area contributed by atoms with Crippen molar-refractivity contribution in [1.82, 2.24) is 34.5 Å². The summed E-state index contributed by atoms with van der Waals surface area (Å²) in [4.78, 5) is 24.2. The largest absolute Gasteiger partial charge is 0.438 e. The Morgan fingerprint density at radius 1 is 1.12 bits per heavy atom. The number of nitrogens with one attached hydrogen (secondary N) is 3. The molecule has 0 bridgehead atoms. The third-order valence-electron chi connectivity index (χ3n) is 4.98. The Hall–Kier alpha value is -4.93. The first-order valence-corrected chi connectivity index (χ1v) is 10.3. The number of ether oxygens (including phenoxy) is 1. The van der Waals surface area contributed by atoms with Crippen molar-refractivity contribution in [3.8, 4) is 22.8 Å². The molecule has 170 valence electrons. The molecule has 0 saturated heterocycles. The maximum Gasteiger partial charge on any atom is 0.247 e. The number of rotatable bonds is 7. The van der Waals surface area contributed by atoms with E-state index < -0.39 is 0 Å². The molecule has 0 fully saturated rings. The Balaban J connectivity index is 1.58. The lowest BCUT2D eigenvalue weighted by atomic mass is 10.1. The van der Waals surface area contributed by atoms with Crippen LogP contribution in [-0.2, 0) is 18.9 Å². The molecule has 0 atom stereocenters. The fraction of sp³-hybridized carbons (Fsp3) is 0.0870. The summed E-state index contributed by atoms with van der Waals surface area (Å²) in [5, 5.41) is 15.0. The second-order valence-corrected chi connectivity index (χ2v) is 7.53. The normalized spacial score (nSPS) is 10.9. The van der Waals surface area contributed by atoms with Crippen LogP contribution in [0.4, 0.5) is 17.3 Å². The van der Waals surface area contributed by atoms with Crippen LogP contribution in [0, 0.1) is 0 Å². The molecule has 4 aromatic heterocycles. The zero-order valence-electron chi connectivity index (χ0n) is 18.5. The van der Waals surface area contributed by atoms with Gasteiger partial charge in [-0.1, -0.05) is 12.6 Å². The van der Waals surface area contributed by atoms with Crippen molar-refractivity contribution in [1.29, 1.82) is 0 Å². The predicted molar refractivity (Wildman–Crippen MR) is 128 cm³/mol. The van der Waals surface area contributed by atoms with Gasteiger partial charge in [0.05, 0.1) is 23.5 Å². The number of aromatic nitrogens is 7. The van der Waals surface area contributed by atoms with E-state index in [4.69, 9.17) is 4.74 Å². The van der Waals surface area contributed by atoms with E-state index >= 15 is 0 Å². The van der Waals surface area contributed by atoms with E-state index in [0.29, 0.717) is 34.3 Å². The number of carbonyl (C=O) groups is 1. The van der Waals surface area contributed by atoms with Gasteiger partial charge in [-0.15, -0.1) is 0 Å². The van der Waals surface area contributed by atoms with Gasteiger partial charge in [0.1, 0.15) is 11.4 Å². The van der Waals surface area contributed by atoms with Crippen molar-refractivity contribution in [2.45, 2.75) is 0 Å². The van der Waals surface area contributed by atoms with Crippen LogP contribution in [0.1, 0.15) is 0 Å². The molecule has 11 heteroatoms. The molecule has 0 radical (unpaired) electrons. The minimum absolute atomic E-state index is 0.311. The summed E-state index contributed by atoms with van der Waals surface area (Å²) in [6.45, 7) is 3.48. The highest BCUT2D eigenvalue weighted by Crippen LogP contribution is 2.37. The number of hydrogen-bond acceptors (Lipinski definition) is 7. The molecule has 1 aromatic carbocycles. The van der Waals surface area contributed by atoms with Gasteiger partial charge in [-0.3, -0.25) is 14.2 Å². The number of nitrogens with zero attached hydrogens (tertiary/aromatic N) is 6. The minimum Gasteiger partial charge on any atom is -0.438 e. The smallest absolute Gasteiger partial charge is 0.247 e. The van der Waals surface area contributed by atoms with E-state index in [1.165, 1.54) is 6.08 Å². The number of hydrogen-bond donors (Lipinski definition) is 3. The van der Waals surface area contributed by atoms with Crippen LogP contribution in [0.15, 0.2) is 67.9 Å². The molecular formula is C23H21N9O2. The Morgan fingerprint density at radius 3 is 2.68 bits per heavy atom. The molecule has 1 amide bonds. The van der Waals surface area contributed by atoms with Gasteiger partial charge in [0.2, 0.25) is 17.7 Å². The van der Waals surface area contributed by atoms with Gasteiger partial charge in [-0.05, 0) is 18.2 Å². The minimum atomic E-state index is -0.311. The molecule has 4 heterocycles. The molecule has 0 aliphatic carbocycles. The quantitative estimate of drug-likeness (QED) is 0.319. The van der Waals surface area contributed by atoms with E-state index in [1.54, 1.807) is 46.0 Å². The van der Waals surface area contributed by atoms with Crippen LogP contribution in [0.2, 0.25) is 0 Å². The van der Waals surface area contributed by atoms with Gasteiger partial charge >= 0.3 is 0 Å². The molecule has 0 aliphatic heterocycles. The fourth-order valence-corrected chi connectivity index (χ4v) is 3.47. The number of amides is 1. The molecular weight excluding hydrogens is 434 g/mol. The van der Waals surface area contributed by atoms with E-state index in [1.807, 2.05) is 32.7 Å². The summed E-state index contributed by atoms with van der Waals surface area (Å²) in [6, 6.07) is 7.03. The summed E-state index contributed by atoms with van der Waals surface area (Å²) in [6.07, 6.45) is 10.2. The molecule has 34 heavy (non-hydrogen) atoms. The first-order chi connectivity index (χ1) is 16.5. The van der Waals surface area contributed by atoms with Crippen molar-refractivity contribution in [2.75, 3.05) is 10.6 Å².